The van der Waals surface area contributed by atoms with E-state index < -0.39 is 0 Å². The van der Waals surface area contributed by atoms with Gasteiger partial charge in [0, 0.05) is 36.0 Å². The molecule has 3 atom stereocenters. The molecule has 1 unspecified atom stereocenters. The number of aryl methyl sites for hydroxylation is 1. The van der Waals surface area contributed by atoms with E-state index in [1.807, 2.05) is 19.3 Å². The van der Waals surface area contributed by atoms with Gasteiger partial charge in [0.15, 0.2) is 5.78 Å². The predicted molar refractivity (Wildman–Crippen MR) is 118 cm³/mol. The number of carbonyl (C=O) groups excluding carboxylic acids is 1. The van der Waals surface area contributed by atoms with Crippen LogP contribution in [0.2, 0.25) is 0 Å². The monoisotopic (exact) mass is 404 g/mol. The van der Waals surface area contributed by atoms with E-state index in [1.165, 1.54) is 18.1 Å². The molecule has 3 nitrogen and oxygen atoms in total. The lowest BCUT2D eigenvalue weighted by molar-refractivity contribution is 0.0993. The maximum atomic E-state index is 14.4. The summed E-state index contributed by atoms with van der Waals surface area (Å²) in [5.74, 6) is 1.46. The van der Waals surface area contributed by atoms with Gasteiger partial charge in [0.05, 0.1) is 5.52 Å². The number of fused-ring (bicyclic) bond motifs is 1. The molecule has 4 rings (SSSR count). The number of ketones is 1. The average Bonchev–Trinajstić information content (AvgIpc) is 2.73. The summed E-state index contributed by atoms with van der Waals surface area (Å²) in [6.45, 7) is 6.64. The van der Waals surface area contributed by atoms with Crippen LogP contribution >= 0.6 is 0 Å². The van der Waals surface area contributed by atoms with Crippen molar-refractivity contribution in [3.63, 3.8) is 0 Å². The second-order valence-corrected chi connectivity index (χ2v) is 8.98. The number of rotatable bonds is 5. The molecule has 0 bridgehead atoms. The number of carbonyl (C=O) groups is 1. The van der Waals surface area contributed by atoms with Crippen molar-refractivity contribution in [1.82, 2.24) is 9.97 Å². The number of hydrogen-bond donors (Lipinski definition) is 0. The van der Waals surface area contributed by atoms with E-state index in [0.29, 0.717) is 34.2 Å². The maximum absolute atomic E-state index is 14.4. The molecule has 2 aromatic heterocycles. The van der Waals surface area contributed by atoms with E-state index in [0.717, 1.165) is 30.4 Å². The molecule has 1 fully saturated rings. The number of nitrogens with zero attached hydrogens (tertiary/aromatic N) is 2. The molecule has 0 saturated heterocycles. The molecule has 1 saturated carbocycles. The highest BCUT2D eigenvalue weighted by Crippen LogP contribution is 2.40. The van der Waals surface area contributed by atoms with Crippen molar-refractivity contribution in [2.75, 3.05) is 0 Å². The molecule has 3 aromatic rings. The highest BCUT2D eigenvalue weighted by atomic mass is 19.1. The van der Waals surface area contributed by atoms with E-state index >= 15 is 0 Å². The van der Waals surface area contributed by atoms with Gasteiger partial charge in [-0.25, -0.2) is 4.39 Å². The molecule has 30 heavy (non-hydrogen) atoms. The molecule has 156 valence electrons. The van der Waals surface area contributed by atoms with Crippen molar-refractivity contribution in [3.05, 3.63) is 70.9 Å². The van der Waals surface area contributed by atoms with Crippen molar-refractivity contribution < 1.29 is 9.18 Å². The highest BCUT2D eigenvalue weighted by Gasteiger charge is 2.27. The molecule has 1 aliphatic carbocycles. The number of hydrogen-bond acceptors (Lipinski definition) is 3. The SMILES string of the molecule is CCc1cnc2c(C(=O)Cc3cnccc3C3C[C@@H](C)C[C@@H](C)C3)ccc(F)c2c1. The first-order valence-electron chi connectivity index (χ1n) is 11.0. The average molecular weight is 405 g/mol. The number of halogens is 1. The predicted octanol–water partition coefficient (Wildman–Crippen LogP) is 6.30. The number of pyridine rings is 2. The molecule has 0 N–H and O–H groups in total. The normalized spacial score (nSPS) is 21.7. The Morgan fingerprint density at radius 2 is 1.87 bits per heavy atom. The maximum Gasteiger partial charge on any atom is 0.169 e. The molecular formula is C26H29FN2O. The highest BCUT2D eigenvalue weighted by molar-refractivity contribution is 6.07. The summed E-state index contributed by atoms with van der Waals surface area (Å²) >= 11 is 0. The fraction of sp³-hybridized carbons (Fsp3) is 0.423. The van der Waals surface area contributed by atoms with Crippen LogP contribution < -0.4 is 0 Å². The van der Waals surface area contributed by atoms with Crippen LogP contribution in [0.15, 0.2) is 42.9 Å². The Labute approximate surface area is 177 Å². The first-order valence-corrected chi connectivity index (χ1v) is 11.0. The largest absolute Gasteiger partial charge is 0.294 e. The minimum Gasteiger partial charge on any atom is -0.294 e. The summed E-state index contributed by atoms with van der Waals surface area (Å²) in [7, 11) is 0. The standard InChI is InChI=1S/C26H29FN2O/c1-4-18-12-23-24(27)6-5-22(26(23)29-14-18)25(30)13-20-15-28-8-7-21(20)19-10-16(2)9-17(3)11-19/h5-8,12,14-17,19H,4,9-11,13H2,1-3H3/t16-,17+,19?. The van der Waals surface area contributed by atoms with E-state index in [4.69, 9.17) is 0 Å². The van der Waals surface area contributed by atoms with Crippen LogP contribution in [0.5, 0.6) is 0 Å². The zero-order valence-electron chi connectivity index (χ0n) is 18.0. The quantitative estimate of drug-likeness (QED) is 0.469. The van der Waals surface area contributed by atoms with Crippen LogP contribution in [-0.4, -0.2) is 15.8 Å². The topological polar surface area (TPSA) is 42.9 Å². The molecule has 0 aliphatic heterocycles. The van der Waals surface area contributed by atoms with E-state index in [2.05, 4.69) is 29.9 Å². The Balaban J connectivity index is 1.66. The van der Waals surface area contributed by atoms with Gasteiger partial charge in [0.25, 0.3) is 0 Å². The Hall–Kier alpha value is -2.62. The molecule has 2 heterocycles. The summed E-state index contributed by atoms with van der Waals surface area (Å²) in [5, 5.41) is 0.418. The van der Waals surface area contributed by atoms with Gasteiger partial charge in [-0.05, 0) is 84.4 Å². The second-order valence-electron chi connectivity index (χ2n) is 8.98. The Bertz CT molecular complexity index is 1070. The minimum atomic E-state index is -0.336. The molecule has 4 heteroatoms. The Morgan fingerprint density at radius 3 is 2.60 bits per heavy atom. The number of Topliss-reactive ketones (excluding diaryl/α,β-unsaturated/α-hetero) is 1. The molecule has 0 radical (unpaired) electrons. The van der Waals surface area contributed by atoms with E-state index in [9.17, 15) is 9.18 Å². The van der Waals surface area contributed by atoms with Gasteiger partial charge in [0.1, 0.15) is 5.82 Å². The molecule has 1 aliphatic rings. The molecule has 1 aromatic carbocycles. The van der Waals surface area contributed by atoms with Gasteiger partial charge in [-0.1, -0.05) is 20.8 Å². The summed E-state index contributed by atoms with van der Waals surface area (Å²) in [6, 6.07) is 6.83. The van der Waals surface area contributed by atoms with Crippen molar-refractivity contribution in [1.29, 1.82) is 0 Å². The second kappa shape index (κ2) is 8.63. The van der Waals surface area contributed by atoms with Crippen molar-refractivity contribution in [2.45, 2.75) is 58.8 Å². The summed E-state index contributed by atoms with van der Waals surface area (Å²) in [4.78, 5) is 22.0. The first kappa shape index (κ1) is 20.6. The third-order valence-corrected chi connectivity index (χ3v) is 6.47. The Kier molecular flexibility index (Phi) is 5.94. The van der Waals surface area contributed by atoms with Gasteiger partial charge < -0.3 is 0 Å². The zero-order chi connectivity index (χ0) is 21.3. The van der Waals surface area contributed by atoms with Gasteiger partial charge in [0.2, 0.25) is 0 Å². The van der Waals surface area contributed by atoms with Crippen LogP contribution in [0, 0.1) is 17.7 Å². The fourth-order valence-corrected chi connectivity index (χ4v) is 5.10. The fourth-order valence-electron chi connectivity index (χ4n) is 5.10. The summed E-state index contributed by atoms with van der Waals surface area (Å²) in [5.41, 5.74) is 4.11. The van der Waals surface area contributed by atoms with Crippen molar-refractivity contribution in [2.24, 2.45) is 11.8 Å². The van der Waals surface area contributed by atoms with Crippen LogP contribution in [0.3, 0.4) is 0 Å². The lowest BCUT2D eigenvalue weighted by Crippen LogP contribution is -2.20. The van der Waals surface area contributed by atoms with Crippen LogP contribution in [-0.2, 0) is 12.8 Å². The van der Waals surface area contributed by atoms with Gasteiger partial charge in [-0.15, -0.1) is 0 Å². The molecule has 0 spiro atoms. The van der Waals surface area contributed by atoms with Gasteiger partial charge in [-0.3, -0.25) is 14.8 Å². The van der Waals surface area contributed by atoms with Crippen LogP contribution in [0.25, 0.3) is 10.9 Å². The molecular weight excluding hydrogens is 375 g/mol. The van der Waals surface area contributed by atoms with Crippen LogP contribution in [0.1, 0.15) is 73.0 Å². The van der Waals surface area contributed by atoms with E-state index in [-0.39, 0.29) is 18.0 Å². The smallest absolute Gasteiger partial charge is 0.169 e. The first-order chi connectivity index (χ1) is 14.5. The zero-order valence-corrected chi connectivity index (χ0v) is 18.0. The number of aromatic nitrogens is 2. The third kappa shape index (κ3) is 4.14. The summed E-state index contributed by atoms with van der Waals surface area (Å²) < 4.78 is 14.4. The van der Waals surface area contributed by atoms with Gasteiger partial charge in [-0.2, -0.15) is 0 Å². The van der Waals surface area contributed by atoms with E-state index in [1.54, 1.807) is 18.3 Å². The van der Waals surface area contributed by atoms with Crippen molar-refractivity contribution >= 4 is 16.7 Å². The lowest BCUT2D eigenvalue weighted by Gasteiger charge is -2.32. The Morgan fingerprint density at radius 1 is 1.10 bits per heavy atom. The van der Waals surface area contributed by atoms with Crippen LogP contribution in [0.4, 0.5) is 4.39 Å². The minimum absolute atomic E-state index is 0.0390. The van der Waals surface area contributed by atoms with Gasteiger partial charge >= 0.3 is 0 Å². The third-order valence-electron chi connectivity index (χ3n) is 6.47. The molecule has 0 amide bonds. The van der Waals surface area contributed by atoms with Crippen molar-refractivity contribution in [3.8, 4) is 0 Å². The number of benzene rings is 1. The summed E-state index contributed by atoms with van der Waals surface area (Å²) in [6.07, 6.45) is 9.99. The lowest BCUT2D eigenvalue weighted by atomic mass is 9.73.